The van der Waals surface area contributed by atoms with Gasteiger partial charge < -0.3 is 10.2 Å². The average molecular weight is 189 g/mol. The molecule has 0 saturated heterocycles. The van der Waals surface area contributed by atoms with Gasteiger partial charge in [0.1, 0.15) is 11.5 Å². The van der Waals surface area contributed by atoms with E-state index in [9.17, 15) is 0 Å². The van der Waals surface area contributed by atoms with Crippen molar-refractivity contribution in [3.05, 3.63) is 35.9 Å². The zero-order chi connectivity index (χ0) is 9.97. The third kappa shape index (κ3) is 1.52. The standard InChI is InChI=1S/C10H11N3O/c1-7-9(6-11)13-10(14-7)8-4-2-3-5-12-8/h2-5H,6,11H2,1H3. The van der Waals surface area contributed by atoms with Gasteiger partial charge in [-0.05, 0) is 19.1 Å². The highest BCUT2D eigenvalue weighted by atomic mass is 16.4. The Morgan fingerprint density at radius 2 is 2.29 bits per heavy atom. The average Bonchev–Trinajstić information content (AvgIpc) is 2.61. The van der Waals surface area contributed by atoms with Crippen molar-refractivity contribution in [2.45, 2.75) is 13.5 Å². The predicted octanol–water partition coefficient (Wildman–Crippen LogP) is 1.50. The first kappa shape index (κ1) is 8.90. The second-order valence-corrected chi connectivity index (χ2v) is 2.94. The van der Waals surface area contributed by atoms with Gasteiger partial charge in [0.2, 0.25) is 5.89 Å². The Kier molecular flexibility index (Phi) is 2.28. The van der Waals surface area contributed by atoms with Crippen molar-refractivity contribution in [2.24, 2.45) is 5.73 Å². The van der Waals surface area contributed by atoms with E-state index in [-0.39, 0.29) is 0 Å². The molecule has 0 radical (unpaired) electrons. The van der Waals surface area contributed by atoms with Gasteiger partial charge in [-0.15, -0.1) is 0 Å². The minimum Gasteiger partial charge on any atom is -0.440 e. The Morgan fingerprint density at radius 1 is 1.43 bits per heavy atom. The first-order chi connectivity index (χ1) is 6.81. The van der Waals surface area contributed by atoms with Crippen molar-refractivity contribution in [1.82, 2.24) is 9.97 Å². The molecule has 72 valence electrons. The highest BCUT2D eigenvalue weighted by molar-refractivity contribution is 5.46. The Hall–Kier alpha value is -1.68. The monoisotopic (exact) mass is 189 g/mol. The second kappa shape index (κ2) is 3.59. The van der Waals surface area contributed by atoms with Crippen LogP contribution in [0.4, 0.5) is 0 Å². The third-order valence-electron chi connectivity index (χ3n) is 1.97. The Bertz CT molecular complexity index is 422. The molecule has 4 nitrogen and oxygen atoms in total. The fourth-order valence-electron chi connectivity index (χ4n) is 1.22. The molecular formula is C10H11N3O. The van der Waals surface area contributed by atoms with Crippen molar-refractivity contribution in [2.75, 3.05) is 0 Å². The van der Waals surface area contributed by atoms with Gasteiger partial charge in [-0.3, -0.25) is 4.98 Å². The summed E-state index contributed by atoms with van der Waals surface area (Å²) in [5.74, 6) is 1.29. The number of pyridine rings is 1. The maximum Gasteiger partial charge on any atom is 0.245 e. The lowest BCUT2D eigenvalue weighted by Gasteiger charge is -1.90. The molecule has 0 aliphatic heterocycles. The lowest BCUT2D eigenvalue weighted by molar-refractivity contribution is 0.537. The van der Waals surface area contributed by atoms with Gasteiger partial charge in [-0.25, -0.2) is 4.98 Å². The fraction of sp³-hybridized carbons (Fsp3) is 0.200. The number of rotatable bonds is 2. The summed E-state index contributed by atoms with van der Waals surface area (Å²) >= 11 is 0. The van der Waals surface area contributed by atoms with Crippen molar-refractivity contribution < 1.29 is 4.42 Å². The molecule has 0 amide bonds. The van der Waals surface area contributed by atoms with Crippen LogP contribution in [0.25, 0.3) is 11.6 Å². The molecule has 0 bridgehead atoms. The summed E-state index contributed by atoms with van der Waals surface area (Å²) in [7, 11) is 0. The molecule has 0 atom stereocenters. The topological polar surface area (TPSA) is 64.9 Å². The number of nitrogens with two attached hydrogens (primary N) is 1. The van der Waals surface area contributed by atoms with Crippen molar-refractivity contribution in [1.29, 1.82) is 0 Å². The van der Waals surface area contributed by atoms with Crippen LogP contribution in [0.2, 0.25) is 0 Å². The predicted molar refractivity (Wildman–Crippen MR) is 52.4 cm³/mol. The van der Waals surface area contributed by atoms with E-state index in [2.05, 4.69) is 9.97 Å². The molecule has 0 spiro atoms. The molecule has 2 heterocycles. The van der Waals surface area contributed by atoms with Crippen LogP contribution in [0.1, 0.15) is 11.5 Å². The van der Waals surface area contributed by atoms with Crippen LogP contribution in [-0.2, 0) is 6.54 Å². The number of hydrogen-bond donors (Lipinski definition) is 1. The number of aryl methyl sites for hydroxylation is 1. The zero-order valence-corrected chi connectivity index (χ0v) is 7.90. The maximum atomic E-state index is 5.50. The van der Waals surface area contributed by atoms with Gasteiger partial charge in [-0.2, -0.15) is 0 Å². The molecular weight excluding hydrogens is 178 g/mol. The molecule has 14 heavy (non-hydrogen) atoms. The normalized spacial score (nSPS) is 10.4. The number of nitrogens with zero attached hydrogens (tertiary/aromatic N) is 2. The smallest absolute Gasteiger partial charge is 0.245 e. The quantitative estimate of drug-likeness (QED) is 0.777. The Morgan fingerprint density at radius 3 is 2.86 bits per heavy atom. The summed E-state index contributed by atoms with van der Waals surface area (Å²) in [5.41, 5.74) is 7.01. The van der Waals surface area contributed by atoms with E-state index in [0.29, 0.717) is 12.4 Å². The summed E-state index contributed by atoms with van der Waals surface area (Å²) in [5, 5.41) is 0. The summed E-state index contributed by atoms with van der Waals surface area (Å²) in [6, 6.07) is 5.60. The molecule has 0 aliphatic rings. The molecule has 2 N–H and O–H groups in total. The highest BCUT2D eigenvalue weighted by Crippen LogP contribution is 2.18. The molecule has 0 saturated carbocycles. The van der Waals surface area contributed by atoms with Crippen LogP contribution in [0, 0.1) is 6.92 Å². The lowest BCUT2D eigenvalue weighted by atomic mass is 10.3. The van der Waals surface area contributed by atoms with Gasteiger partial charge in [0.05, 0.1) is 5.69 Å². The zero-order valence-electron chi connectivity index (χ0n) is 7.90. The molecule has 0 aliphatic carbocycles. The first-order valence-corrected chi connectivity index (χ1v) is 4.39. The van der Waals surface area contributed by atoms with Crippen LogP contribution < -0.4 is 5.73 Å². The maximum absolute atomic E-state index is 5.50. The van der Waals surface area contributed by atoms with E-state index in [4.69, 9.17) is 10.2 Å². The molecule has 2 aromatic heterocycles. The summed E-state index contributed by atoms with van der Waals surface area (Å²) in [4.78, 5) is 8.39. The largest absolute Gasteiger partial charge is 0.440 e. The summed E-state index contributed by atoms with van der Waals surface area (Å²) < 4.78 is 5.44. The van der Waals surface area contributed by atoms with Crippen LogP contribution in [-0.4, -0.2) is 9.97 Å². The van der Waals surface area contributed by atoms with Crippen molar-refractivity contribution in [3.63, 3.8) is 0 Å². The van der Waals surface area contributed by atoms with Crippen LogP contribution in [0.5, 0.6) is 0 Å². The third-order valence-corrected chi connectivity index (χ3v) is 1.97. The number of hydrogen-bond acceptors (Lipinski definition) is 4. The van der Waals surface area contributed by atoms with E-state index in [1.54, 1.807) is 6.20 Å². The Labute approximate surface area is 81.8 Å². The molecule has 2 rings (SSSR count). The molecule has 4 heteroatoms. The summed E-state index contributed by atoms with van der Waals surface area (Å²) in [6.07, 6.45) is 1.71. The fourth-order valence-corrected chi connectivity index (χ4v) is 1.22. The van der Waals surface area contributed by atoms with Gasteiger partial charge >= 0.3 is 0 Å². The van der Waals surface area contributed by atoms with Gasteiger partial charge in [0.15, 0.2) is 0 Å². The minimum absolute atomic E-state index is 0.391. The van der Waals surface area contributed by atoms with E-state index >= 15 is 0 Å². The van der Waals surface area contributed by atoms with Crippen molar-refractivity contribution >= 4 is 0 Å². The summed E-state index contributed by atoms with van der Waals surface area (Å²) in [6.45, 7) is 2.24. The SMILES string of the molecule is Cc1oc(-c2ccccn2)nc1CN. The number of aromatic nitrogens is 2. The first-order valence-electron chi connectivity index (χ1n) is 4.39. The van der Waals surface area contributed by atoms with E-state index < -0.39 is 0 Å². The van der Waals surface area contributed by atoms with Crippen LogP contribution >= 0.6 is 0 Å². The highest BCUT2D eigenvalue weighted by Gasteiger charge is 2.09. The van der Waals surface area contributed by atoms with Gasteiger partial charge in [0, 0.05) is 12.7 Å². The molecule has 0 fully saturated rings. The van der Waals surface area contributed by atoms with E-state index in [1.807, 2.05) is 25.1 Å². The minimum atomic E-state index is 0.391. The van der Waals surface area contributed by atoms with Gasteiger partial charge in [0.25, 0.3) is 0 Å². The van der Waals surface area contributed by atoms with Crippen molar-refractivity contribution in [3.8, 4) is 11.6 Å². The van der Waals surface area contributed by atoms with Gasteiger partial charge in [-0.1, -0.05) is 6.07 Å². The number of oxazole rings is 1. The van der Waals surface area contributed by atoms with Crippen LogP contribution in [0.15, 0.2) is 28.8 Å². The molecule has 0 unspecified atom stereocenters. The molecule has 2 aromatic rings. The second-order valence-electron chi connectivity index (χ2n) is 2.94. The van der Waals surface area contributed by atoms with E-state index in [1.165, 1.54) is 0 Å². The Balaban J connectivity index is 2.43. The van der Waals surface area contributed by atoms with E-state index in [0.717, 1.165) is 17.1 Å². The van der Waals surface area contributed by atoms with Crippen LogP contribution in [0.3, 0.4) is 0 Å². The lowest BCUT2D eigenvalue weighted by Crippen LogP contribution is -1.98. The molecule has 0 aromatic carbocycles.